The van der Waals surface area contributed by atoms with E-state index in [0.717, 1.165) is 6.26 Å². The fraction of sp³-hybridized carbons (Fsp3) is 0.0833. The van der Waals surface area contributed by atoms with Gasteiger partial charge in [-0.15, -0.1) is 0 Å². The molecule has 0 aliphatic carbocycles. The summed E-state index contributed by atoms with van der Waals surface area (Å²) in [6.45, 7) is 0. The van der Waals surface area contributed by atoms with Crippen molar-refractivity contribution in [3.63, 3.8) is 0 Å². The first-order valence-corrected chi connectivity index (χ1v) is 7.72. The number of anilines is 1. The van der Waals surface area contributed by atoms with Crippen molar-refractivity contribution in [1.29, 1.82) is 0 Å². The summed E-state index contributed by atoms with van der Waals surface area (Å²) in [5.74, 6) is -0.151. The van der Waals surface area contributed by atoms with E-state index in [0.29, 0.717) is 5.56 Å². The van der Waals surface area contributed by atoms with E-state index in [1.165, 1.54) is 36.7 Å². The maximum Gasteiger partial charge on any atom is 0.256 e. The first kappa shape index (κ1) is 14.4. The molecular formula is C12H10ClN3O3S. The quantitative estimate of drug-likeness (QED) is 0.873. The summed E-state index contributed by atoms with van der Waals surface area (Å²) in [7, 11) is -3.28. The predicted molar refractivity (Wildman–Crippen MR) is 74.5 cm³/mol. The van der Waals surface area contributed by atoms with Crippen LogP contribution in [0.25, 0.3) is 0 Å². The number of halogens is 1. The SMILES string of the molecule is CS(=O)(=O)c1ccc(C(=O)Nc2cc(Cl)ncn2)cc1. The summed E-state index contributed by atoms with van der Waals surface area (Å²) in [4.78, 5) is 19.6. The van der Waals surface area contributed by atoms with Crippen molar-refractivity contribution in [2.24, 2.45) is 0 Å². The molecule has 1 heterocycles. The molecule has 0 bridgehead atoms. The number of sulfone groups is 1. The summed E-state index contributed by atoms with van der Waals surface area (Å²) in [5.41, 5.74) is 0.312. The van der Waals surface area contributed by atoms with Gasteiger partial charge < -0.3 is 5.32 Å². The number of nitrogens with one attached hydrogen (secondary N) is 1. The van der Waals surface area contributed by atoms with Gasteiger partial charge in [-0.1, -0.05) is 11.6 Å². The van der Waals surface area contributed by atoms with Crippen LogP contribution in [0.15, 0.2) is 41.6 Å². The number of amides is 1. The van der Waals surface area contributed by atoms with Gasteiger partial charge in [0, 0.05) is 17.9 Å². The van der Waals surface area contributed by atoms with Crippen molar-refractivity contribution >= 4 is 33.2 Å². The zero-order valence-corrected chi connectivity index (χ0v) is 11.9. The third kappa shape index (κ3) is 3.52. The second-order valence-electron chi connectivity index (χ2n) is 3.98. The van der Waals surface area contributed by atoms with Crippen molar-refractivity contribution in [3.8, 4) is 0 Å². The molecule has 0 spiro atoms. The molecule has 6 nitrogen and oxygen atoms in total. The minimum absolute atomic E-state index is 0.152. The highest BCUT2D eigenvalue weighted by atomic mass is 35.5. The van der Waals surface area contributed by atoms with Crippen LogP contribution in [-0.2, 0) is 9.84 Å². The third-order valence-corrected chi connectivity index (χ3v) is 3.76. The summed E-state index contributed by atoms with van der Waals surface area (Å²) in [5, 5.41) is 2.74. The molecule has 0 atom stereocenters. The van der Waals surface area contributed by atoms with Crippen LogP contribution in [0.5, 0.6) is 0 Å². The normalized spacial score (nSPS) is 11.1. The average molecular weight is 312 g/mol. The van der Waals surface area contributed by atoms with Gasteiger partial charge >= 0.3 is 0 Å². The minimum atomic E-state index is -3.28. The highest BCUT2D eigenvalue weighted by molar-refractivity contribution is 7.90. The molecule has 0 saturated carbocycles. The number of rotatable bonds is 3. The standard InChI is InChI=1S/C12H10ClN3O3S/c1-20(18,19)9-4-2-8(3-5-9)12(17)16-11-6-10(13)14-7-15-11/h2-7H,1H3,(H,14,15,16,17). The highest BCUT2D eigenvalue weighted by Gasteiger charge is 2.10. The van der Waals surface area contributed by atoms with Crippen LogP contribution in [0, 0.1) is 0 Å². The third-order valence-electron chi connectivity index (χ3n) is 2.42. The lowest BCUT2D eigenvalue weighted by atomic mass is 10.2. The van der Waals surface area contributed by atoms with E-state index in [1.807, 2.05) is 0 Å². The minimum Gasteiger partial charge on any atom is -0.306 e. The first-order chi connectivity index (χ1) is 9.36. The van der Waals surface area contributed by atoms with Crippen molar-refractivity contribution in [2.75, 3.05) is 11.6 Å². The topological polar surface area (TPSA) is 89.0 Å². The van der Waals surface area contributed by atoms with Crippen LogP contribution < -0.4 is 5.32 Å². The second kappa shape index (κ2) is 5.56. The molecule has 1 aromatic heterocycles. The van der Waals surface area contributed by atoms with Crippen LogP contribution in [0.2, 0.25) is 5.15 Å². The van der Waals surface area contributed by atoms with E-state index >= 15 is 0 Å². The lowest BCUT2D eigenvalue weighted by Crippen LogP contribution is -2.13. The molecule has 0 saturated heterocycles. The molecule has 2 aromatic rings. The number of carbonyl (C=O) groups is 1. The van der Waals surface area contributed by atoms with Gasteiger partial charge in [0.05, 0.1) is 4.90 Å². The van der Waals surface area contributed by atoms with Crippen molar-refractivity contribution < 1.29 is 13.2 Å². The molecule has 8 heteroatoms. The Labute approximate surface area is 120 Å². The predicted octanol–water partition coefficient (Wildman–Crippen LogP) is 1.79. The molecule has 2 rings (SSSR count). The van der Waals surface area contributed by atoms with E-state index in [-0.39, 0.29) is 15.9 Å². The molecule has 0 unspecified atom stereocenters. The van der Waals surface area contributed by atoms with Crippen molar-refractivity contribution in [3.05, 3.63) is 47.4 Å². The largest absolute Gasteiger partial charge is 0.306 e. The van der Waals surface area contributed by atoms with Crippen LogP contribution in [-0.4, -0.2) is 30.5 Å². The molecular weight excluding hydrogens is 302 g/mol. The Bertz CT molecular complexity index is 745. The highest BCUT2D eigenvalue weighted by Crippen LogP contribution is 2.13. The smallest absolute Gasteiger partial charge is 0.256 e. The molecule has 1 aromatic carbocycles. The fourth-order valence-corrected chi connectivity index (χ4v) is 2.22. The number of benzene rings is 1. The Hall–Kier alpha value is -1.99. The van der Waals surface area contributed by atoms with Crippen molar-refractivity contribution in [1.82, 2.24) is 9.97 Å². The molecule has 20 heavy (non-hydrogen) atoms. The van der Waals surface area contributed by atoms with E-state index in [2.05, 4.69) is 15.3 Å². The summed E-state index contributed by atoms with van der Waals surface area (Å²) < 4.78 is 22.6. The van der Waals surface area contributed by atoms with E-state index < -0.39 is 15.7 Å². The molecule has 0 fully saturated rings. The van der Waals surface area contributed by atoms with Gasteiger partial charge in [-0.05, 0) is 24.3 Å². The first-order valence-electron chi connectivity index (χ1n) is 5.45. The van der Waals surface area contributed by atoms with Gasteiger partial charge in [-0.25, -0.2) is 18.4 Å². The number of aromatic nitrogens is 2. The van der Waals surface area contributed by atoms with E-state index in [1.54, 1.807) is 0 Å². The van der Waals surface area contributed by atoms with Gasteiger partial charge in [0.25, 0.3) is 5.91 Å². The number of hydrogen-bond acceptors (Lipinski definition) is 5. The van der Waals surface area contributed by atoms with E-state index in [9.17, 15) is 13.2 Å². The fourth-order valence-electron chi connectivity index (χ4n) is 1.44. The molecule has 104 valence electrons. The lowest BCUT2D eigenvalue weighted by Gasteiger charge is -2.05. The zero-order valence-electron chi connectivity index (χ0n) is 10.4. The Kier molecular flexibility index (Phi) is 4.01. The van der Waals surface area contributed by atoms with E-state index in [4.69, 9.17) is 11.6 Å². The molecule has 0 aliphatic rings. The van der Waals surface area contributed by atoms with Gasteiger partial charge in [0.1, 0.15) is 17.3 Å². The monoisotopic (exact) mass is 311 g/mol. The number of hydrogen-bond donors (Lipinski definition) is 1. The summed E-state index contributed by atoms with van der Waals surface area (Å²) >= 11 is 5.68. The maximum atomic E-state index is 11.9. The molecule has 0 radical (unpaired) electrons. The Morgan fingerprint density at radius 3 is 2.40 bits per heavy atom. The van der Waals surface area contributed by atoms with Crippen molar-refractivity contribution in [2.45, 2.75) is 4.90 Å². The van der Waals surface area contributed by atoms with Gasteiger partial charge in [-0.3, -0.25) is 4.79 Å². The number of nitrogens with zero attached hydrogens (tertiary/aromatic N) is 2. The maximum absolute atomic E-state index is 11.9. The Morgan fingerprint density at radius 1 is 1.20 bits per heavy atom. The van der Waals surface area contributed by atoms with Gasteiger partial charge in [0.2, 0.25) is 0 Å². The van der Waals surface area contributed by atoms with Gasteiger partial charge in [-0.2, -0.15) is 0 Å². The average Bonchev–Trinajstić information content (AvgIpc) is 2.38. The van der Waals surface area contributed by atoms with Crippen LogP contribution in [0.1, 0.15) is 10.4 Å². The Morgan fingerprint density at radius 2 is 1.85 bits per heavy atom. The van der Waals surface area contributed by atoms with Gasteiger partial charge in [0.15, 0.2) is 9.84 Å². The molecule has 0 aliphatic heterocycles. The van der Waals surface area contributed by atoms with Crippen LogP contribution in [0.3, 0.4) is 0 Å². The molecule has 1 amide bonds. The molecule has 1 N–H and O–H groups in total. The summed E-state index contributed by atoms with van der Waals surface area (Å²) in [6.07, 6.45) is 2.33. The van der Waals surface area contributed by atoms with Crippen LogP contribution >= 0.6 is 11.6 Å². The zero-order chi connectivity index (χ0) is 14.8. The second-order valence-corrected chi connectivity index (χ2v) is 6.38. The summed E-state index contributed by atoms with van der Waals surface area (Å²) in [6, 6.07) is 7.00. The van der Waals surface area contributed by atoms with Crippen LogP contribution in [0.4, 0.5) is 5.82 Å². The lowest BCUT2D eigenvalue weighted by molar-refractivity contribution is 0.102. The Balaban J connectivity index is 2.18. The number of carbonyl (C=O) groups excluding carboxylic acids is 1.